The quantitative estimate of drug-likeness (QED) is 0.693. The predicted molar refractivity (Wildman–Crippen MR) is 74.1 cm³/mol. The minimum absolute atomic E-state index is 0.0366. The summed E-state index contributed by atoms with van der Waals surface area (Å²) in [4.78, 5) is 2.30. The second-order valence-electron chi connectivity index (χ2n) is 4.16. The van der Waals surface area contributed by atoms with E-state index >= 15 is 0 Å². The number of nitrogens with zero attached hydrogens (tertiary/aromatic N) is 1. The van der Waals surface area contributed by atoms with E-state index in [1.165, 1.54) is 0 Å². The van der Waals surface area contributed by atoms with Crippen LogP contribution in [0.15, 0.2) is 24.3 Å². The number of halogens is 1. The molecule has 0 amide bonds. The summed E-state index contributed by atoms with van der Waals surface area (Å²) in [6, 6.07) is 8.02. The Balaban J connectivity index is 2.38. The van der Waals surface area contributed by atoms with E-state index in [4.69, 9.17) is 16.3 Å². The van der Waals surface area contributed by atoms with Crippen molar-refractivity contribution in [3.05, 3.63) is 29.8 Å². The molecule has 96 valence electrons. The highest BCUT2D eigenvalue weighted by atomic mass is 35.5. The number of aryl methyl sites for hydroxylation is 1. The van der Waals surface area contributed by atoms with Crippen LogP contribution in [0.3, 0.4) is 0 Å². The second-order valence-corrected chi connectivity index (χ2v) is 4.78. The summed E-state index contributed by atoms with van der Waals surface area (Å²) >= 11 is 6.27. The summed E-state index contributed by atoms with van der Waals surface area (Å²) in [6.45, 7) is 9.84. The Morgan fingerprint density at radius 2 is 1.88 bits per heavy atom. The zero-order valence-corrected chi connectivity index (χ0v) is 11.7. The average Bonchev–Trinajstić information content (AvgIpc) is 2.35. The van der Waals surface area contributed by atoms with Gasteiger partial charge in [0, 0.05) is 6.54 Å². The molecule has 0 bridgehead atoms. The summed E-state index contributed by atoms with van der Waals surface area (Å²) in [5.41, 5.74) is 1.15. The number of rotatable bonds is 7. The first-order chi connectivity index (χ1) is 8.17. The average molecular weight is 256 g/mol. The normalized spacial score (nSPS) is 12.8. The van der Waals surface area contributed by atoms with Crippen LogP contribution >= 0.6 is 11.6 Å². The van der Waals surface area contributed by atoms with E-state index in [2.05, 4.69) is 18.7 Å². The van der Waals surface area contributed by atoms with Crippen molar-refractivity contribution in [1.82, 2.24) is 4.90 Å². The van der Waals surface area contributed by atoms with Gasteiger partial charge in [0.05, 0.1) is 5.38 Å². The second kappa shape index (κ2) is 7.57. The van der Waals surface area contributed by atoms with E-state index in [-0.39, 0.29) is 5.38 Å². The zero-order valence-electron chi connectivity index (χ0n) is 10.9. The van der Waals surface area contributed by atoms with E-state index in [0.29, 0.717) is 6.61 Å². The van der Waals surface area contributed by atoms with Gasteiger partial charge in [-0.2, -0.15) is 0 Å². The summed E-state index contributed by atoms with van der Waals surface area (Å²) in [7, 11) is 0. The van der Waals surface area contributed by atoms with Gasteiger partial charge in [0.2, 0.25) is 0 Å². The zero-order chi connectivity index (χ0) is 12.7. The maximum atomic E-state index is 6.27. The van der Waals surface area contributed by atoms with E-state index in [1.54, 1.807) is 0 Å². The minimum Gasteiger partial charge on any atom is -0.492 e. The van der Waals surface area contributed by atoms with Crippen molar-refractivity contribution in [1.29, 1.82) is 0 Å². The molecule has 0 aliphatic carbocycles. The van der Waals surface area contributed by atoms with E-state index < -0.39 is 0 Å². The lowest BCUT2D eigenvalue weighted by Gasteiger charge is -2.21. The smallest absolute Gasteiger partial charge is 0.122 e. The third-order valence-electron chi connectivity index (χ3n) is 2.86. The van der Waals surface area contributed by atoms with Gasteiger partial charge in [-0.3, -0.25) is 0 Å². The van der Waals surface area contributed by atoms with Crippen LogP contribution in [0.5, 0.6) is 5.75 Å². The molecule has 0 N–H and O–H groups in total. The Kier molecular flexibility index (Phi) is 6.38. The van der Waals surface area contributed by atoms with E-state index in [1.807, 2.05) is 31.2 Å². The van der Waals surface area contributed by atoms with Crippen molar-refractivity contribution < 1.29 is 4.74 Å². The molecule has 0 spiro atoms. The van der Waals surface area contributed by atoms with Gasteiger partial charge in [0.25, 0.3) is 0 Å². The molecule has 17 heavy (non-hydrogen) atoms. The van der Waals surface area contributed by atoms with Crippen LogP contribution in [0, 0.1) is 6.92 Å². The van der Waals surface area contributed by atoms with Crippen LogP contribution in [0.25, 0.3) is 0 Å². The van der Waals surface area contributed by atoms with Crippen LogP contribution < -0.4 is 4.74 Å². The molecular weight excluding hydrogens is 234 g/mol. The molecule has 1 aromatic rings. The molecule has 0 radical (unpaired) electrons. The standard InChI is InChI=1S/C14H22ClNO/c1-4-16(5-2)10-13(15)11-17-14-9-7-6-8-12(14)3/h6-9,13H,4-5,10-11H2,1-3H3. The van der Waals surface area contributed by atoms with E-state index in [0.717, 1.165) is 30.9 Å². The Labute approximate surface area is 110 Å². The molecule has 0 aliphatic heterocycles. The van der Waals surface area contributed by atoms with Gasteiger partial charge in [0.15, 0.2) is 0 Å². The molecule has 3 heteroatoms. The highest BCUT2D eigenvalue weighted by molar-refractivity contribution is 6.20. The van der Waals surface area contributed by atoms with Crippen molar-refractivity contribution in [2.45, 2.75) is 26.1 Å². The first-order valence-corrected chi connectivity index (χ1v) is 6.65. The Morgan fingerprint density at radius 3 is 2.47 bits per heavy atom. The Hall–Kier alpha value is -0.730. The number of hydrogen-bond acceptors (Lipinski definition) is 2. The SMILES string of the molecule is CCN(CC)CC(Cl)COc1ccccc1C. The summed E-state index contributed by atoms with van der Waals surface area (Å²) in [5.74, 6) is 0.928. The number of ether oxygens (including phenoxy) is 1. The molecule has 0 heterocycles. The third kappa shape index (κ3) is 4.97. The molecule has 1 rings (SSSR count). The van der Waals surface area contributed by atoms with Crippen molar-refractivity contribution in [3.8, 4) is 5.75 Å². The summed E-state index contributed by atoms with van der Waals surface area (Å²) in [6.07, 6.45) is 0. The molecule has 0 saturated heterocycles. The molecule has 0 aromatic heterocycles. The fourth-order valence-electron chi connectivity index (χ4n) is 1.71. The van der Waals surface area contributed by atoms with Gasteiger partial charge in [-0.1, -0.05) is 32.0 Å². The van der Waals surface area contributed by atoms with Crippen LogP contribution in [-0.4, -0.2) is 36.5 Å². The van der Waals surface area contributed by atoms with Crippen molar-refractivity contribution in [2.75, 3.05) is 26.2 Å². The van der Waals surface area contributed by atoms with Crippen LogP contribution in [0.1, 0.15) is 19.4 Å². The van der Waals surface area contributed by atoms with Crippen molar-refractivity contribution in [3.63, 3.8) is 0 Å². The lowest BCUT2D eigenvalue weighted by atomic mass is 10.2. The molecule has 1 unspecified atom stereocenters. The predicted octanol–water partition coefficient (Wildman–Crippen LogP) is 3.32. The Morgan fingerprint density at radius 1 is 1.24 bits per heavy atom. The molecular formula is C14H22ClNO. The fraction of sp³-hybridized carbons (Fsp3) is 0.571. The molecule has 2 nitrogen and oxygen atoms in total. The van der Waals surface area contributed by atoms with Crippen LogP contribution in [0.4, 0.5) is 0 Å². The Bertz CT molecular complexity index is 326. The maximum Gasteiger partial charge on any atom is 0.122 e. The molecule has 0 saturated carbocycles. The van der Waals surface area contributed by atoms with Gasteiger partial charge < -0.3 is 9.64 Å². The van der Waals surface area contributed by atoms with E-state index in [9.17, 15) is 0 Å². The maximum absolute atomic E-state index is 6.27. The molecule has 1 atom stereocenters. The lowest BCUT2D eigenvalue weighted by molar-refractivity contribution is 0.252. The van der Waals surface area contributed by atoms with Crippen LogP contribution in [-0.2, 0) is 0 Å². The molecule has 0 aliphatic rings. The lowest BCUT2D eigenvalue weighted by Crippen LogP contribution is -2.32. The molecule has 1 aromatic carbocycles. The van der Waals surface area contributed by atoms with Gasteiger partial charge >= 0.3 is 0 Å². The topological polar surface area (TPSA) is 12.5 Å². The first-order valence-electron chi connectivity index (χ1n) is 6.22. The number of alkyl halides is 1. The molecule has 0 fully saturated rings. The van der Waals surface area contributed by atoms with Gasteiger partial charge in [-0.15, -0.1) is 11.6 Å². The van der Waals surface area contributed by atoms with Gasteiger partial charge in [-0.25, -0.2) is 0 Å². The summed E-state index contributed by atoms with van der Waals surface area (Å²) < 4.78 is 5.73. The van der Waals surface area contributed by atoms with Crippen molar-refractivity contribution >= 4 is 11.6 Å². The monoisotopic (exact) mass is 255 g/mol. The van der Waals surface area contributed by atoms with Crippen LogP contribution in [0.2, 0.25) is 0 Å². The highest BCUT2D eigenvalue weighted by Crippen LogP contribution is 2.17. The first kappa shape index (κ1) is 14.3. The van der Waals surface area contributed by atoms with Gasteiger partial charge in [0.1, 0.15) is 12.4 Å². The number of para-hydroxylation sites is 1. The fourth-order valence-corrected chi connectivity index (χ4v) is 1.97. The highest BCUT2D eigenvalue weighted by Gasteiger charge is 2.10. The van der Waals surface area contributed by atoms with Crippen molar-refractivity contribution in [2.24, 2.45) is 0 Å². The minimum atomic E-state index is 0.0366. The number of benzene rings is 1. The summed E-state index contributed by atoms with van der Waals surface area (Å²) in [5, 5.41) is 0.0366. The van der Waals surface area contributed by atoms with Gasteiger partial charge in [-0.05, 0) is 31.6 Å². The third-order valence-corrected chi connectivity index (χ3v) is 3.13. The number of hydrogen-bond donors (Lipinski definition) is 0. The largest absolute Gasteiger partial charge is 0.492 e.